The van der Waals surface area contributed by atoms with Crippen molar-refractivity contribution in [3.05, 3.63) is 51.6 Å². The Bertz CT molecular complexity index is 828. The Hall–Kier alpha value is -1.63. The summed E-state index contributed by atoms with van der Waals surface area (Å²) in [5.74, 6) is 1.49. The summed E-state index contributed by atoms with van der Waals surface area (Å²) in [7, 11) is 1.62. The molecule has 0 fully saturated rings. The molecular weight excluding hydrogens is 388 g/mol. The summed E-state index contributed by atoms with van der Waals surface area (Å²) < 4.78 is 11.8. The Morgan fingerprint density at radius 1 is 1.32 bits per heavy atom. The molecule has 0 aliphatic carbocycles. The second kappa shape index (κ2) is 6.64. The SMILES string of the molecule is COc1cccc(/C=C(\Cl)c2nnc(-c3ccc(Br)s3)o2)c1. The molecule has 2 aromatic heterocycles. The van der Waals surface area contributed by atoms with Gasteiger partial charge in [0.15, 0.2) is 0 Å². The van der Waals surface area contributed by atoms with E-state index in [0.717, 1.165) is 20.0 Å². The average molecular weight is 398 g/mol. The van der Waals surface area contributed by atoms with Crippen LogP contribution in [-0.2, 0) is 0 Å². The summed E-state index contributed by atoms with van der Waals surface area (Å²) in [6, 6.07) is 11.4. The van der Waals surface area contributed by atoms with Gasteiger partial charge in [-0.15, -0.1) is 21.5 Å². The minimum Gasteiger partial charge on any atom is -0.497 e. The highest BCUT2D eigenvalue weighted by atomic mass is 79.9. The highest BCUT2D eigenvalue weighted by molar-refractivity contribution is 9.11. The smallest absolute Gasteiger partial charge is 0.259 e. The molecular formula is C15H10BrClN2O2S. The highest BCUT2D eigenvalue weighted by Crippen LogP contribution is 2.32. The maximum absolute atomic E-state index is 6.26. The van der Waals surface area contributed by atoms with Crippen molar-refractivity contribution in [2.45, 2.75) is 0 Å². The van der Waals surface area contributed by atoms with Crippen molar-refractivity contribution in [2.75, 3.05) is 7.11 Å². The van der Waals surface area contributed by atoms with Crippen LogP contribution in [0.5, 0.6) is 5.75 Å². The topological polar surface area (TPSA) is 48.2 Å². The van der Waals surface area contributed by atoms with E-state index >= 15 is 0 Å². The zero-order valence-electron chi connectivity index (χ0n) is 11.4. The molecule has 0 saturated heterocycles. The Kier molecular flexibility index (Phi) is 4.61. The molecule has 3 rings (SSSR count). The Labute approximate surface area is 144 Å². The van der Waals surface area contributed by atoms with E-state index in [2.05, 4.69) is 26.1 Å². The summed E-state index contributed by atoms with van der Waals surface area (Å²) in [6.07, 6.45) is 1.76. The van der Waals surface area contributed by atoms with Gasteiger partial charge in [0.1, 0.15) is 10.8 Å². The molecule has 0 saturated carbocycles. The summed E-state index contributed by atoms with van der Waals surface area (Å²) in [6.45, 7) is 0. The van der Waals surface area contributed by atoms with Crippen molar-refractivity contribution in [1.29, 1.82) is 0 Å². The number of methoxy groups -OCH3 is 1. The van der Waals surface area contributed by atoms with Crippen LogP contribution in [0.25, 0.3) is 21.9 Å². The van der Waals surface area contributed by atoms with Gasteiger partial charge in [-0.2, -0.15) is 0 Å². The molecule has 0 aliphatic rings. The molecule has 0 amide bonds. The van der Waals surface area contributed by atoms with Crippen LogP contribution in [0.4, 0.5) is 0 Å². The van der Waals surface area contributed by atoms with E-state index in [1.165, 1.54) is 11.3 Å². The van der Waals surface area contributed by atoms with Crippen molar-refractivity contribution in [3.8, 4) is 16.5 Å². The molecule has 3 aromatic rings. The molecule has 1 aromatic carbocycles. The van der Waals surface area contributed by atoms with Gasteiger partial charge in [0.2, 0.25) is 0 Å². The number of hydrogen-bond acceptors (Lipinski definition) is 5. The van der Waals surface area contributed by atoms with Crippen LogP contribution in [0.3, 0.4) is 0 Å². The molecule has 22 heavy (non-hydrogen) atoms. The van der Waals surface area contributed by atoms with Crippen molar-refractivity contribution in [1.82, 2.24) is 10.2 Å². The number of ether oxygens (including phenoxy) is 1. The van der Waals surface area contributed by atoms with Gasteiger partial charge in [-0.1, -0.05) is 23.7 Å². The maximum Gasteiger partial charge on any atom is 0.259 e. The lowest BCUT2D eigenvalue weighted by atomic mass is 10.2. The first-order valence-corrected chi connectivity index (χ1v) is 8.25. The summed E-state index contributed by atoms with van der Waals surface area (Å²) in [5, 5.41) is 8.38. The van der Waals surface area contributed by atoms with E-state index in [1.54, 1.807) is 13.2 Å². The van der Waals surface area contributed by atoms with E-state index in [4.69, 9.17) is 20.8 Å². The molecule has 0 radical (unpaired) electrons. The first kappa shape index (κ1) is 15.3. The van der Waals surface area contributed by atoms with Gasteiger partial charge in [0.25, 0.3) is 11.8 Å². The van der Waals surface area contributed by atoms with Crippen molar-refractivity contribution in [3.63, 3.8) is 0 Å². The van der Waals surface area contributed by atoms with Crippen LogP contribution in [0.15, 0.2) is 44.6 Å². The Morgan fingerprint density at radius 2 is 2.18 bits per heavy atom. The predicted octanol–water partition coefficient (Wildman–Crippen LogP) is 5.31. The standard InChI is InChI=1S/C15H10BrClN2O2S/c1-20-10-4-2-3-9(7-10)8-11(17)14-18-19-15(21-14)12-5-6-13(16)22-12/h2-8H,1H3/b11-8-. The van der Waals surface area contributed by atoms with Crippen LogP contribution in [0.1, 0.15) is 11.5 Å². The second-order valence-electron chi connectivity index (χ2n) is 4.29. The van der Waals surface area contributed by atoms with Gasteiger partial charge >= 0.3 is 0 Å². The van der Waals surface area contributed by atoms with Gasteiger partial charge in [-0.05, 0) is 51.8 Å². The molecule has 0 aliphatic heterocycles. The number of nitrogens with zero attached hydrogens (tertiary/aromatic N) is 2. The van der Waals surface area contributed by atoms with Gasteiger partial charge in [-0.3, -0.25) is 0 Å². The third kappa shape index (κ3) is 3.40. The van der Waals surface area contributed by atoms with Crippen LogP contribution in [-0.4, -0.2) is 17.3 Å². The quantitative estimate of drug-likeness (QED) is 0.599. The zero-order valence-corrected chi connectivity index (χ0v) is 14.6. The molecule has 0 atom stereocenters. The van der Waals surface area contributed by atoms with E-state index in [9.17, 15) is 0 Å². The largest absolute Gasteiger partial charge is 0.497 e. The molecule has 0 bridgehead atoms. The molecule has 7 heteroatoms. The fourth-order valence-electron chi connectivity index (χ4n) is 1.79. The van der Waals surface area contributed by atoms with E-state index in [1.807, 2.05) is 36.4 Å². The molecule has 2 heterocycles. The fraction of sp³-hybridized carbons (Fsp3) is 0.0667. The highest BCUT2D eigenvalue weighted by Gasteiger charge is 2.13. The first-order valence-electron chi connectivity index (χ1n) is 6.26. The number of aromatic nitrogens is 2. The molecule has 4 nitrogen and oxygen atoms in total. The van der Waals surface area contributed by atoms with Gasteiger partial charge < -0.3 is 9.15 Å². The van der Waals surface area contributed by atoms with E-state index in [0.29, 0.717) is 10.9 Å². The van der Waals surface area contributed by atoms with Crippen LogP contribution in [0, 0.1) is 0 Å². The van der Waals surface area contributed by atoms with Gasteiger partial charge in [0, 0.05) is 0 Å². The summed E-state index contributed by atoms with van der Waals surface area (Å²) >= 11 is 11.2. The number of benzene rings is 1. The van der Waals surface area contributed by atoms with Crippen LogP contribution >= 0.6 is 38.9 Å². The molecule has 0 spiro atoms. The van der Waals surface area contributed by atoms with Gasteiger partial charge in [0.05, 0.1) is 15.8 Å². The van der Waals surface area contributed by atoms with Crippen LogP contribution < -0.4 is 4.74 Å². The summed E-state index contributed by atoms with van der Waals surface area (Å²) in [5.41, 5.74) is 0.892. The van der Waals surface area contributed by atoms with Crippen molar-refractivity contribution in [2.24, 2.45) is 0 Å². The minimum atomic E-state index is 0.281. The maximum atomic E-state index is 6.26. The second-order valence-corrected chi connectivity index (χ2v) is 7.16. The van der Waals surface area contributed by atoms with E-state index < -0.39 is 0 Å². The lowest BCUT2D eigenvalue weighted by Gasteiger charge is -2.00. The van der Waals surface area contributed by atoms with E-state index in [-0.39, 0.29) is 5.89 Å². The lowest BCUT2D eigenvalue weighted by Crippen LogP contribution is -1.83. The number of halogens is 2. The number of thiophene rings is 1. The lowest BCUT2D eigenvalue weighted by molar-refractivity contribution is 0.414. The zero-order chi connectivity index (χ0) is 15.5. The summed E-state index contributed by atoms with van der Waals surface area (Å²) in [4.78, 5) is 0.886. The van der Waals surface area contributed by atoms with Crippen molar-refractivity contribution < 1.29 is 9.15 Å². The minimum absolute atomic E-state index is 0.281. The normalized spacial score (nSPS) is 11.7. The monoisotopic (exact) mass is 396 g/mol. The molecule has 112 valence electrons. The molecule has 0 N–H and O–H groups in total. The fourth-order valence-corrected chi connectivity index (χ4v) is 3.30. The number of rotatable bonds is 4. The third-order valence-corrected chi connectivity index (χ3v) is 4.68. The Morgan fingerprint density at radius 3 is 2.91 bits per heavy atom. The molecule has 0 unspecified atom stereocenters. The average Bonchev–Trinajstić information content (AvgIpc) is 3.16. The van der Waals surface area contributed by atoms with Gasteiger partial charge in [-0.25, -0.2) is 0 Å². The number of hydrogen-bond donors (Lipinski definition) is 0. The Balaban J connectivity index is 1.87. The third-order valence-electron chi connectivity index (χ3n) is 2.80. The first-order chi connectivity index (χ1) is 10.7. The van der Waals surface area contributed by atoms with Crippen LogP contribution in [0.2, 0.25) is 0 Å². The predicted molar refractivity (Wildman–Crippen MR) is 92.0 cm³/mol. The van der Waals surface area contributed by atoms with Crippen molar-refractivity contribution >= 4 is 50.0 Å².